The summed E-state index contributed by atoms with van der Waals surface area (Å²) in [7, 11) is 0. The van der Waals surface area contributed by atoms with Crippen molar-refractivity contribution >= 4 is 34.9 Å². The Hall–Kier alpha value is -0.910. The van der Waals surface area contributed by atoms with Crippen LogP contribution >= 0.6 is 23.2 Å². The molecule has 0 spiro atoms. The minimum atomic E-state index is -0.0812. The predicted octanol–water partition coefficient (Wildman–Crippen LogP) is 1.58. The van der Waals surface area contributed by atoms with E-state index in [0.717, 1.165) is 13.1 Å². The first-order chi connectivity index (χ1) is 8.06. The minimum Gasteiger partial charge on any atom is -0.316 e. The van der Waals surface area contributed by atoms with Crippen molar-refractivity contribution in [3.05, 3.63) is 16.5 Å². The van der Waals surface area contributed by atoms with Crippen molar-refractivity contribution < 1.29 is 4.79 Å². The summed E-state index contributed by atoms with van der Waals surface area (Å²) < 4.78 is 0. The van der Waals surface area contributed by atoms with Crippen LogP contribution in [0.5, 0.6) is 0 Å². The molecule has 1 aliphatic heterocycles. The molecule has 2 rings (SSSR count). The number of nitrogens with one attached hydrogen (secondary N) is 2. The van der Waals surface area contributed by atoms with E-state index >= 15 is 0 Å². The van der Waals surface area contributed by atoms with Gasteiger partial charge in [-0.2, -0.15) is 0 Å². The Morgan fingerprint density at radius 1 is 1.53 bits per heavy atom. The highest BCUT2D eigenvalue weighted by atomic mass is 35.5. The van der Waals surface area contributed by atoms with Crippen LogP contribution in [-0.2, 0) is 4.79 Å². The van der Waals surface area contributed by atoms with Gasteiger partial charge in [-0.05, 0) is 30.6 Å². The van der Waals surface area contributed by atoms with E-state index < -0.39 is 0 Å². The van der Waals surface area contributed by atoms with Gasteiger partial charge in [0.05, 0.1) is 0 Å². The van der Waals surface area contributed by atoms with Gasteiger partial charge in [0, 0.05) is 12.0 Å². The average Bonchev–Trinajstić information content (AvgIpc) is 2.12. The van der Waals surface area contributed by atoms with Crippen LogP contribution in [0.15, 0.2) is 6.07 Å². The van der Waals surface area contributed by atoms with Crippen LogP contribution in [-0.4, -0.2) is 29.0 Å². The Morgan fingerprint density at radius 3 is 2.76 bits per heavy atom. The van der Waals surface area contributed by atoms with Crippen LogP contribution in [0.1, 0.15) is 6.92 Å². The predicted molar refractivity (Wildman–Crippen MR) is 66.2 cm³/mol. The summed E-state index contributed by atoms with van der Waals surface area (Å²) >= 11 is 11.4. The highest BCUT2D eigenvalue weighted by molar-refractivity contribution is 6.32. The number of amides is 1. The zero-order valence-corrected chi connectivity index (χ0v) is 10.7. The molecule has 5 nitrogen and oxygen atoms in total. The van der Waals surface area contributed by atoms with Crippen LogP contribution in [0.25, 0.3) is 0 Å². The lowest BCUT2D eigenvalue weighted by molar-refractivity contribution is -0.121. The second-order valence-electron chi connectivity index (χ2n) is 4.04. The molecule has 1 saturated heterocycles. The molecule has 1 amide bonds. The molecular formula is C10H12Cl2N4O. The van der Waals surface area contributed by atoms with Crippen molar-refractivity contribution in [2.24, 2.45) is 11.8 Å². The number of hydrogen-bond donors (Lipinski definition) is 2. The van der Waals surface area contributed by atoms with E-state index in [2.05, 4.69) is 20.6 Å². The molecule has 7 heteroatoms. The van der Waals surface area contributed by atoms with Gasteiger partial charge >= 0.3 is 0 Å². The van der Waals surface area contributed by atoms with Crippen molar-refractivity contribution in [2.75, 3.05) is 18.4 Å². The molecule has 1 atom stereocenters. The molecule has 1 unspecified atom stereocenters. The van der Waals surface area contributed by atoms with Crippen molar-refractivity contribution in [1.82, 2.24) is 15.3 Å². The van der Waals surface area contributed by atoms with Gasteiger partial charge in [-0.15, -0.1) is 0 Å². The molecule has 1 fully saturated rings. The van der Waals surface area contributed by atoms with E-state index in [9.17, 15) is 4.79 Å². The highest BCUT2D eigenvalue weighted by Gasteiger charge is 2.28. The molecular weight excluding hydrogens is 263 g/mol. The molecule has 0 aromatic carbocycles. The maximum Gasteiger partial charge on any atom is 0.228 e. The van der Waals surface area contributed by atoms with Gasteiger partial charge < -0.3 is 10.6 Å². The van der Waals surface area contributed by atoms with Crippen LogP contribution in [0, 0.1) is 11.8 Å². The maximum atomic E-state index is 11.9. The van der Waals surface area contributed by atoms with Crippen LogP contribution in [0.4, 0.5) is 5.82 Å². The molecule has 17 heavy (non-hydrogen) atoms. The normalized spacial score (nSPS) is 17.4. The molecule has 0 radical (unpaired) electrons. The third kappa shape index (κ3) is 3.06. The third-order valence-corrected chi connectivity index (χ3v) is 3.22. The third-order valence-electron chi connectivity index (χ3n) is 2.85. The van der Waals surface area contributed by atoms with Crippen molar-refractivity contribution in [3.8, 4) is 0 Å². The number of anilines is 1. The van der Waals surface area contributed by atoms with Crippen molar-refractivity contribution in [3.63, 3.8) is 0 Å². The number of aromatic nitrogens is 2. The second kappa shape index (κ2) is 5.16. The van der Waals surface area contributed by atoms with E-state index in [-0.39, 0.29) is 22.3 Å². The summed E-state index contributed by atoms with van der Waals surface area (Å²) in [5.41, 5.74) is 0. The van der Waals surface area contributed by atoms with Crippen molar-refractivity contribution in [2.45, 2.75) is 6.92 Å². The lowest BCUT2D eigenvalue weighted by Crippen LogP contribution is -2.48. The first-order valence-electron chi connectivity index (χ1n) is 5.28. The second-order valence-corrected chi connectivity index (χ2v) is 4.77. The number of carbonyl (C=O) groups is 1. The van der Waals surface area contributed by atoms with Gasteiger partial charge in [-0.3, -0.25) is 4.79 Å². The largest absolute Gasteiger partial charge is 0.316 e. The zero-order chi connectivity index (χ0) is 12.4. The molecule has 0 saturated carbocycles. The molecule has 1 aromatic rings. The van der Waals surface area contributed by atoms with E-state index in [1.165, 1.54) is 6.07 Å². The summed E-state index contributed by atoms with van der Waals surface area (Å²) in [6, 6.07) is 1.47. The smallest absolute Gasteiger partial charge is 0.228 e. The van der Waals surface area contributed by atoms with Gasteiger partial charge in [-0.1, -0.05) is 18.5 Å². The molecule has 2 N–H and O–H groups in total. The Morgan fingerprint density at radius 2 is 2.24 bits per heavy atom. The SMILES string of the molecule is CC(C(=O)Nc1cc(Cl)nc(Cl)n1)C1CNC1. The molecule has 1 aliphatic rings. The maximum absolute atomic E-state index is 11.9. The fraction of sp³-hybridized carbons (Fsp3) is 0.500. The number of carbonyl (C=O) groups excluding carboxylic acids is 1. The molecule has 2 heterocycles. The Bertz CT molecular complexity index is 416. The highest BCUT2D eigenvalue weighted by Crippen LogP contribution is 2.19. The van der Waals surface area contributed by atoms with Gasteiger partial charge in [-0.25, -0.2) is 9.97 Å². The molecule has 92 valence electrons. The fourth-order valence-corrected chi connectivity index (χ4v) is 1.98. The number of hydrogen-bond acceptors (Lipinski definition) is 4. The molecule has 0 aliphatic carbocycles. The Labute approximate surface area is 109 Å². The van der Waals surface area contributed by atoms with Crippen LogP contribution in [0.3, 0.4) is 0 Å². The standard InChI is InChI=1S/C10H12Cl2N4O/c1-5(6-3-13-4-6)9(17)15-8-2-7(11)14-10(12)16-8/h2,5-6,13H,3-4H2,1H3,(H,14,15,16,17). The summed E-state index contributed by atoms with van der Waals surface area (Å²) in [4.78, 5) is 19.5. The zero-order valence-electron chi connectivity index (χ0n) is 9.20. The van der Waals surface area contributed by atoms with E-state index in [1.807, 2.05) is 6.92 Å². The Balaban J connectivity index is 2.01. The van der Waals surface area contributed by atoms with Crippen molar-refractivity contribution in [1.29, 1.82) is 0 Å². The van der Waals surface area contributed by atoms with Crippen LogP contribution in [0.2, 0.25) is 10.4 Å². The summed E-state index contributed by atoms with van der Waals surface area (Å²) in [6.07, 6.45) is 0. The lowest BCUT2D eigenvalue weighted by Gasteiger charge is -2.31. The van der Waals surface area contributed by atoms with Crippen LogP contribution < -0.4 is 10.6 Å². The lowest BCUT2D eigenvalue weighted by atomic mass is 9.88. The topological polar surface area (TPSA) is 66.9 Å². The first-order valence-corrected chi connectivity index (χ1v) is 6.03. The average molecular weight is 275 g/mol. The van der Waals surface area contributed by atoms with Gasteiger partial charge in [0.25, 0.3) is 0 Å². The van der Waals surface area contributed by atoms with Gasteiger partial charge in [0.2, 0.25) is 11.2 Å². The molecule has 1 aromatic heterocycles. The van der Waals surface area contributed by atoms with E-state index in [1.54, 1.807) is 0 Å². The van der Waals surface area contributed by atoms with Gasteiger partial charge in [0.1, 0.15) is 11.0 Å². The molecule has 0 bridgehead atoms. The number of halogens is 2. The quantitative estimate of drug-likeness (QED) is 0.649. The Kier molecular flexibility index (Phi) is 3.81. The monoisotopic (exact) mass is 274 g/mol. The minimum absolute atomic E-state index is 0.0192. The first kappa shape index (κ1) is 12.5. The number of rotatable bonds is 3. The van der Waals surface area contributed by atoms with Gasteiger partial charge in [0.15, 0.2) is 0 Å². The summed E-state index contributed by atoms with van der Waals surface area (Å²) in [5, 5.41) is 6.04. The summed E-state index contributed by atoms with van der Waals surface area (Å²) in [5.74, 6) is 0.563. The fourth-order valence-electron chi connectivity index (χ4n) is 1.57. The summed E-state index contributed by atoms with van der Waals surface area (Å²) in [6.45, 7) is 3.64. The van der Waals surface area contributed by atoms with E-state index in [4.69, 9.17) is 23.2 Å². The number of nitrogens with zero attached hydrogens (tertiary/aromatic N) is 2. The van der Waals surface area contributed by atoms with E-state index in [0.29, 0.717) is 11.7 Å².